The van der Waals surface area contributed by atoms with Gasteiger partial charge in [-0.25, -0.2) is 0 Å². The fourth-order valence-corrected chi connectivity index (χ4v) is 4.40. The average molecular weight is 441 g/mol. The second-order valence-electron chi connectivity index (χ2n) is 5.79. The van der Waals surface area contributed by atoms with E-state index in [1.807, 2.05) is 22.8 Å². The van der Waals surface area contributed by atoms with E-state index in [1.54, 1.807) is 30.3 Å². The Morgan fingerprint density at radius 1 is 1.30 bits per heavy atom. The van der Waals surface area contributed by atoms with Gasteiger partial charge in [0.2, 0.25) is 5.43 Å². The van der Waals surface area contributed by atoms with Gasteiger partial charge in [0.15, 0.2) is 4.80 Å². The van der Waals surface area contributed by atoms with E-state index in [0.717, 1.165) is 14.7 Å². The van der Waals surface area contributed by atoms with Crippen LogP contribution in [0.25, 0.3) is 21.2 Å². The molecule has 27 heavy (non-hydrogen) atoms. The minimum Gasteiger partial charge on any atom is -0.463 e. The number of rotatable bonds is 3. The standard InChI is InChI=1S/C20H13BrN2O3S/c1-2-9-23-15-8-7-12(21)10-17(15)27-20(23)22-19(25)14-11-26-16-6-4-3-5-13(16)18(14)24/h2-8,10-11H,1,9H2. The Labute approximate surface area is 166 Å². The first-order valence-electron chi connectivity index (χ1n) is 8.08. The number of amides is 1. The molecule has 0 saturated carbocycles. The van der Waals surface area contributed by atoms with Gasteiger partial charge in [-0.1, -0.05) is 45.5 Å². The van der Waals surface area contributed by atoms with Crippen LogP contribution in [0.2, 0.25) is 0 Å². The van der Waals surface area contributed by atoms with Crippen molar-refractivity contribution < 1.29 is 9.21 Å². The zero-order valence-corrected chi connectivity index (χ0v) is 16.4. The predicted molar refractivity (Wildman–Crippen MR) is 110 cm³/mol. The topological polar surface area (TPSA) is 64.6 Å². The molecule has 7 heteroatoms. The molecule has 0 fully saturated rings. The predicted octanol–water partition coefficient (Wildman–Crippen LogP) is 4.50. The Hall–Kier alpha value is -2.77. The fourth-order valence-electron chi connectivity index (χ4n) is 2.81. The number of thiazole rings is 1. The molecule has 1 amide bonds. The molecular formula is C20H13BrN2O3S. The van der Waals surface area contributed by atoms with Gasteiger partial charge in [-0.05, 0) is 30.3 Å². The third-order valence-corrected chi connectivity index (χ3v) is 5.60. The number of nitrogens with zero attached hydrogens (tertiary/aromatic N) is 2. The Morgan fingerprint density at radius 3 is 2.93 bits per heavy atom. The number of fused-ring (bicyclic) bond motifs is 2. The van der Waals surface area contributed by atoms with E-state index in [2.05, 4.69) is 27.5 Å². The summed E-state index contributed by atoms with van der Waals surface area (Å²) in [5.74, 6) is -0.627. The quantitative estimate of drug-likeness (QED) is 0.440. The van der Waals surface area contributed by atoms with Crippen LogP contribution in [0.5, 0.6) is 0 Å². The van der Waals surface area contributed by atoms with Crippen molar-refractivity contribution in [3.63, 3.8) is 0 Å². The lowest BCUT2D eigenvalue weighted by atomic mass is 10.2. The van der Waals surface area contributed by atoms with E-state index in [9.17, 15) is 9.59 Å². The van der Waals surface area contributed by atoms with Gasteiger partial charge in [-0.2, -0.15) is 4.99 Å². The number of carbonyl (C=O) groups is 1. The lowest BCUT2D eigenvalue weighted by molar-refractivity contribution is 0.0995. The molecule has 2 aromatic carbocycles. The minimum absolute atomic E-state index is 0.0857. The van der Waals surface area contributed by atoms with Gasteiger partial charge in [-0.15, -0.1) is 6.58 Å². The molecule has 134 valence electrons. The van der Waals surface area contributed by atoms with Crippen LogP contribution < -0.4 is 10.2 Å². The maximum absolute atomic E-state index is 12.7. The zero-order valence-electron chi connectivity index (χ0n) is 14.0. The number of halogens is 1. The maximum atomic E-state index is 12.7. The minimum atomic E-state index is -0.627. The van der Waals surface area contributed by atoms with Crippen molar-refractivity contribution in [2.24, 2.45) is 4.99 Å². The van der Waals surface area contributed by atoms with Crippen LogP contribution in [-0.4, -0.2) is 10.5 Å². The molecule has 4 rings (SSSR count). The van der Waals surface area contributed by atoms with E-state index in [-0.39, 0.29) is 11.0 Å². The summed E-state index contributed by atoms with van der Waals surface area (Å²) >= 11 is 4.83. The second-order valence-corrected chi connectivity index (χ2v) is 7.71. The molecule has 0 bridgehead atoms. The van der Waals surface area contributed by atoms with Crippen LogP contribution in [0, 0.1) is 0 Å². The highest BCUT2D eigenvalue weighted by atomic mass is 79.9. The summed E-state index contributed by atoms with van der Waals surface area (Å²) in [5, 5.41) is 0.359. The van der Waals surface area contributed by atoms with E-state index >= 15 is 0 Å². The normalized spacial score (nSPS) is 12.0. The summed E-state index contributed by atoms with van der Waals surface area (Å²) in [6, 6.07) is 12.7. The van der Waals surface area contributed by atoms with Gasteiger partial charge in [0.05, 0.1) is 15.6 Å². The van der Waals surface area contributed by atoms with Crippen LogP contribution in [0.4, 0.5) is 0 Å². The number of carbonyl (C=O) groups excluding carboxylic acids is 1. The molecule has 2 heterocycles. The largest absolute Gasteiger partial charge is 0.463 e. The fraction of sp³-hybridized carbons (Fsp3) is 0.0500. The number of aromatic nitrogens is 1. The number of benzene rings is 2. The number of hydrogen-bond donors (Lipinski definition) is 0. The van der Waals surface area contributed by atoms with Crippen molar-refractivity contribution in [2.75, 3.05) is 0 Å². The van der Waals surface area contributed by atoms with Crippen molar-refractivity contribution in [3.8, 4) is 0 Å². The monoisotopic (exact) mass is 440 g/mol. The molecule has 2 aromatic heterocycles. The maximum Gasteiger partial charge on any atom is 0.286 e. The Kier molecular flexibility index (Phi) is 4.63. The van der Waals surface area contributed by atoms with Crippen molar-refractivity contribution in [3.05, 3.63) is 86.4 Å². The van der Waals surface area contributed by atoms with E-state index in [0.29, 0.717) is 22.3 Å². The molecule has 0 atom stereocenters. The molecular weight excluding hydrogens is 428 g/mol. The van der Waals surface area contributed by atoms with E-state index in [4.69, 9.17) is 4.42 Å². The SMILES string of the molecule is C=CCn1c(=NC(=O)c2coc3ccccc3c2=O)sc2cc(Br)ccc21. The molecule has 5 nitrogen and oxygen atoms in total. The van der Waals surface area contributed by atoms with Crippen molar-refractivity contribution in [2.45, 2.75) is 6.54 Å². The lowest BCUT2D eigenvalue weighted by Crippen LogP contribution is -2.19. The van der Waals surface area contributed by atoms with Crippen molar-refractivity contribution in [1.29, 1.82) is 0 Å². The van der Waals surface area contributed by atoms with Gasteiger partial charge in [-0.3, -0.25) is 9.59 Å². The highest BCUT2D eigenvalue weighted by Crippen LogP contribution is 2.22. The summed E-state index contributed by atoms with van der Waals surface area (Å²) < 4.78 is 9.23. The van der Waals surface area contributed by atoms with Gasteiger partial charge >= 0.3 is 0 Å². The molecule has 0 aliphatic carbocycles. The first-order valence-corrected chi connectivity index (χ1v) is 9.69. The molecule has 4 aromatic rings. The van der Waals surface area contributed by atoms with Crippen LogP contribution in [0.15, 0.2) is 80.1 Å². The number of hydrogen-bond acceptors (Lipinski definition) is 4. The van der Waals surface area contributed by atoms with Gasteiger partial charge in [0.1, 0.15) is 17.4 Å². The van der Waals surface area contributed by atoms with E-state index < -0.39 is 5.91 Å². The average Bonchev–Trinajstić information content (AvgIpc) is 2.98. The van der Waals surface area contributed by atoms with Gasteiger partial charge < -0.3 is 8.98 Å². The highest BCUT2D eigenvalue weighted by molar-refractivity contribution is 9.10. The molecule has 0 radical (unpaired) electrons. The van der Waals surface area contributed by atoms with Crippen LogP contribution >= 0.6 is 27.3 Å². The Morgan fingerprint density at radius 2 is 2.11 bits per heavy atom. The second kappa shape index (κ2) is 7.09. The van der Waals surface area contributed by atoms with Crippen LogP contribution in [0.3, 0.4) is 0 Å². The van der Waals surface area contributed by atoms with Crippen LogP contribution in [-0.2, 0) is 6.54 Å². The molecule has 0 N–H and O–H groups in total. The smallest absolute Gasteiger partial charge is 0.286 e. The van der Waals surface area contributed by atoms with E-state index in [1.165, 1.54) is 17.6 Å². The summed E-state index contributed by atoms with van der Waals surface area (Å²) in [5.41, 5.74) is 0.912. The first-order chi connectivity index (χ1) is 13.1. The molecule has 0 saturated heterocycles. The Balaban J connectivity index is 1.90. The third-order valence-electron chi connectivity index (χ3n) is 4.06. The summed E-state index contributed by atoms with van der Waals surface area (Å²) in [6.07, 6.45) is 2.92. The first kappa shape index (κ1) is 17.6. The summed E-state index contributed by atoms with van der Waals surface area (Å²) in [6.45, 7) is 4.27. The van der Waals surface area contributed by atoms with Crippen LogP contribution in [0.1, 0.15) is 10.4 Å². The number of para-hydroxylation sites is 1. The molecule has 0 spiro atoms. The molecule has 0 unspecified atom stereocenters. The van der Waals surface area contributed by atoms with Crippen molar-refractivity contribution >= 4 is 54.4 Å². The van der Waals surface area contributed by atoms with Crippen molar-refractivity contribution in [1.82, 2.24) is 4.57 Å². The Bertz CT molecular complexity index is 1330. The number of allylic oxidation sites excluding steroid dienone is 1. The summed E-state index contributed by atoms with van der Waals surface area (Å²) in [7, 11) is 0. The highest BCUT2D eigenvalue weighted by Gasteiger charge is 2.15. The van der Waals surface area contributed by atoms with Gasteiger partial charge in [0.25, 0.3) is 5.91 Å². The molecule has 0 aliphatic rings. The van der Waals surface area contributed by atoms with Gasteiger partial charge in [0, 0.05) is 11.0 Å². The lowest BCUT2D eigenvalue weighted by Gasteiger charge is -2.01. The third kappa shape index (κ3) is 3.20. The molecule has 0 aliphatic heterocycles. The zero-order chi connectivity index (χ0) is 19.0. The summed E-state index contributed by atoms with van der Waals surface area (Å²) in [4.78, 5) is 30.0.